The maximum absolute atomic E-state index is 12.5. The lowest BCUT2D eigenvalue weighted by molar-refractivity contribution is 0.102. The lowest BCUT2D eigenvalue weighted by Crippen LogP contribution is -2.16. The average Bonchev–Trinajstić information content (AvgIpc) is 2.44. The molecular weight excluding hydrogens is 354 g/mol. The largest absolute Gasteiger partial charge is 0.321 e. The van der Waals surface area contributed by atoms with Crippen LogP contribution < -0.4 is 5.32 Å². The van der Waals surface area contributed by atoms with Gasteiger partial charge in [-0.15, -0.1) is 0 Å². The number of nitrogens with zero attached hydrogens (tertiary/aromatic N) is 2. The summed E-state index contributed by atoms with van der Waals surface area (Å²) in [7, 11) is 0. The molecule has 1 aromatic heterocycles. The van der Waals surface area contributed by atoms with E-state index in [0.717, 1.165) is 10.0 Å². The quantitative estimate of drug-likeness (QED) is 0.877. The number of hydrogen-bond acceptors (Lipinski definition) is 3. The minimum Gasteiger partial charge on any atom is -0.321 e. The van der Waals surface area contributed by atoms with E-state index >= 15 is 0 Å². The van der Waals surface area contributed by atoms with Gasteiger partial charge in [-0.3, -0.25) is 4.79 Å². The first-order valence-electron chi connectivity index (χ1n) is 6.52. The summed E-state index contributed by atoms with van der Waals surface area (Å²) in [4.78, 5) is 12.5. The highest BCUT2D eigenvalue weighted by atomic mass is 79.9. The Balaban J connectivity index is 2.34. The van der Waals surface area contributed by atoms with Crippen molar-refractivity contribution in [2.45, 2.75) is 27.2 Å². The van der Waals surface area contributed by atoms with Gasteiger partial charge in [0.2, 0.25) is 0 Å². The number of benzene rings is 1. The van der Waals surface area contributed by atoms with E-state index < -0.39 is 0 Å². The number of rotatable bonds is 3. The molecule has 0 fully saturated rings. The Bertz CT molecular complexity index is 704. The third-order valence-corrected chi connectivity index (χ3v) is 4.13. The van der Waals surface area contributed by atoms with Gasteiger partial charge in [0, 0.05) is 9.50 Å². The monoisotopic (exact) mass is 367 g/mol. The minimum atomic E-state index is -0.217. The van der Waals surface area contributed by atoms with Crippen LogP contribution in [0.4, 0.5) is 5.69 Å². The summed E-state index contributed by atoms with van der Waals surface area (Å²) >= 11 is 9.54. The van der Waals surface area contributed by atoms with E-state index in [9.17, 15) is 4.79 Å². The second-order valence-electron chi connectivity index (χ2n) is 4.74. The topological polar surface area (TPSA) is 54.9 Å². The molecule has 1 amide bonds. The summed E-state index contributed by atoms with van der Waals surface area (Å²) < 4.78 is 0.787. The number of carbonyl (C=O) groups excluding carboxylic acids is 1. The molecular formula is C15H15BrClN3O. The van der Waals surface area contributed by atoms with E-state index in [1.165, 1.54) is 0 Å². The number of amides is 1. The van der Waals surface area contributed by atoms with E-state index in [1.54, 1.807) is 12.1 Å². The van der Waals surface area contributed by atoms with E-state index in [-0.39, 0.29) is 5.91 Å². The second kappa shape index (κ2) is 6.54. The molecule has 0 aliphatic carbocycles. The molecule has 1 heterocycles. The van der Waals surface area contributed by atoms with Gasteiger partial charge in [0.25, 0.3) is 5.91 Å². The molecule has 0 radical (unpaired) electrons. The van der Waals surface area contributed by atoms with Crippen LogP contribution in [0, 0.1) is 13.8 Å². The predicted molar refractivity (Wildman–Crippen MR) is 88.0 cm³/mol. The number of hydrogen-bond donors (Lipinski definition) is 1. The van der Waals surface area contributed by atoms with Crippen LogP contribution >= 0.6 is 27.5 Å². The fourth-order valence-electron chi connectivity index (χ4n) is 1.90. The minimum absolute atomic E-state index is 0.217. The van der Waals surface area contributed by atoms with Gasteiger partial charge in [0.1, 0.15) is 0 Å². The molecule has 4 nitrogen and oxygen atoms in total. The summed E-state index contributed by atoms with van der Waals surface area (Å²) in [6.45, 7) is 5.65. The zero-order chi connectivity index (χ0) is 15.6. The Kier molecular flexibility index (Phi) is 4.96. The van der Waals surface area contributed by atoms with Crippen molar-refractivity contribution in [2.24, 2.45) is 0 Å². The zero-order valence-corrected chi connectivity index (χ0v) is 14.3. The van der Waals surface area contributed by atoms with Crippen molar-refractivity contribution in [3.63, 3.8) is 0 Å². The molecule has 0 aliphatic rings. The van der Waals surface area contributed by atoms with Gasteiger partial charge in [0.05, 0.1) is 22.6 Å². The molecule has 0 saturated carbocycles. The number of nitrogens with one attached hydrogen (secondary N) is 1. The fourth-order valence-corrected chi connectivity index (χ4v) is 2.62. The summed E-state index contributed by atoms with van der Waals surface area (Å²) in [5.41, 5.74) is 3.49. The van der Waals surface area contributed by atoms with Crippen molar-refractivity contribution in [1.82, 2.24) is 10.2 Å². The van der Waals surface area contributed by atoms with Gasteiger partial charge in [-0.25, -0.2) is 0 Å². The molecule has 0 atom stereocenters. The lowest BCUT2D eigenvalue weighted by Gasteiger charge is -2.11. The average molecular weight is 369 g/mol. The Morgan fingerprint density at radius 1 is 1.29 bits per heavy atom. The Morgan fingerprint density at radius 3 is 2.67 bits per heavy atom. The van der Waals surface area contributed by atoms with Crippen molar-refractivity contribution < 1.29 is 4.79 Å². The molecule has 21 heavy (non-hydrogen) atoms. The van der Waals surface area contributed by atoms with Gasteiger partial charge in [-0.05, 0) is 60.0 Å². The molecule has 0 spiro atoms. The van der Waals surface area contributed by atoms with E-state index in [2.05, 4.69) is 31.4 Å². The van der Waals surface area contributed by atoms with Crippen LogP contribution in [0.2, 0.25) is 5.02 Å². The molecule has 2 rings (SSSR count). The normalized spacial score (nSPS) is 10.5. The Morgan fingerprint density at radius 2 is 2.00 bits per heavy atom. The number of carbonyl (C=O) groups is 1. The van der Waals surface area contributed by atoms with Gasteiger partial charge in [-0.1, -0.05) is 18.5 Å². The van der Waals surface area contributed by atoms with Gasteiger partial charge < -0.3 is 5.32 Å². The molecule has 6 heteroatoms. The van der Waals surface area contributed by atoms with Crippen molar-refractivity contribution in [3.05, 3.63) is 50.2 Å². The molecule has 1 aromatic carbocycles. The predicted octanol–water partition coefficient (Wildman–Crippen LogP) is 4.32. The maximum atomic E-state index is 12.5. The third-order valence-electron chi connectivity index (χ3n) is 3.07. The second-order valence-corrected chi connectivity index (χ2v) is 6.00. The van der Waals surface area contributed by atoms with Crippen molar-refractivity contribution >= 4 is 39.1 Å². The summed E-state index contributed by atoms with van der Waals surface area (Å²) in [6, 6.07) is 5.34. The first-order chi connectivity index (χ1) is 9.92. The van der Waals surface area contributed by atoms with E-state index in [0.29, 0.717) is 34.1 Å². The summed E-state index contributed by atoms with van der Waals surface area (Å²) in [6.07, 6.45) is 0.645. The molecule has 110 valence electrons. The highest BCUT2D eigenvalue weighted by Gasteiger charge is 2.15. The Labute approximate surface area is 137 Å². The van der Waals surface area contributed by atoms with Crippen LogP contribution in [0.25, 0.3) is 0 Å². The van der Waals surface area contributed by atoms with E-state index in [1.807, 2.05) is 26.8 Å². The molecule has 0 saturated heterocycles. The van der Waals surface area contributed by atoms with Crippen molar-refractivity contribution in [3.8, 4) is 0 Å². The first kappa shape index (κ1) is 15.9. The van der Waals surface area contributed by atoms with Crippen molar-refractivity contribution in [1.29, 1.82) is 0 Å². The summed E-state index contributed by atoms with van der Waals surface area (Å²) in [5.74, 6) is -0.217. The fraction of sp³-hybridized carbons (Fsp3) is 0.267. The van der Waals surface area contributed by atoms with Crippen LogP contribution in [0.15, 0.2) is 22.7 Å². The summed E-state index contributed by atoms with van der Waals surface area (Å²) in [5, 5.41) is 11.5. The molecule has 0 aliphatic heterocycles. The van der Waals surface area contributed by atoms with E-state index in [4.69, 9.17) is 11.6 Å². The van der Waals surface area contributed by atoms with Crippen LogP contribution in [-0.2, 0) is 6.42 Å². The molecule has 0 bridgehead atoms. The van der Waals surface area contributed by atoms with Crippen LogP contribution in [0.5, 0.6) is 0 Å². The zero-order valence-electron chi connectivity index (χ0n) is 12.0. The first-order valence-corrected chi connectivity index (χ1v) is 7.69. The number of halogens is 2. The molecule has 1 N–H and O–H groups in total. The van der Waals surface area contributed by atoms with Crippen LogP contribution in [-0.4, -0.2) is 16.1 Å². The number of anilines is 1. The smallest absolute Gasteiger partial charge is 0.257 e. The standard InChI is InChI=1S/C15H15BrClN3O/c1-4-13-10(6-9(3)19-20-13)15(21)18-14-7-12(17)8(2)5-11(14)16/h5-7H,4H2,1-3H3,(H,18,21). The SMILES string of the molecule is CCc1nnc(C)cc1C(=O)Nc1cc(Cl)c(C)cc1Br. The van der Waals surface area contributed by atoms with Crippen LogP contribution in [0.3, 0.4) is 0 Å². The highest BCUT2D eigenvalue weighted by Crippen LogP contribution is 2.29. The van der Waals surface area contributed by atoms with Crippen LogP contribution in [0.1, 0.15) is 34.2 Å². The van der Waals surface area contributed by atoms with Gasteiger partial charge in [0.15, 0.2) is 0 Å². The van der Waals surface area contributed by atoms with Gasteiger partial charge >= 0.3 is 0 Å². The highest BCUT2D eigenvalue weighted by molar-refractivity contribution is 9.10. The maximum Gasteiger partial charge on any atom is 0.257 e. The number of aryl methyl sites for hydroxylation is 3. The molecule has 0 unspecified atom stereocenters. The third kappa shape index (κ3) is 3.60. The van der Waals surface area contributed by atoms with Gasteiger partial charge in [-0.2, -0.15) is 10.2 Å². The Hall–Kier alpha value is -1.46. The lowest BCUT2D eigenvalue weighted by atomic mass is 10.1. The number of aromatic nitrogens is 2. The van der Waals surface area contributed by atoms with Crippen molar-refractivity contribution in [2.75, 3.05) is 5.32 Å². The molecule has 2 aromatic rings.